The summed E-state index contributed by atoms with van der Waals surface area (Å²) < 4.78 is 14.0. The molecule has 1 fully saturated rings. The van der Waals surface area contributed by atoms with Gasteiger partial charge in [-0.1, -0.05) is 20.3 Å². The first-order valence-corrected chi connectivity index (χ1v) is 8.51. The lowest BCUT2D eigenvalue weighted by molar-refractivity contribution is 0.434. The predicted molar refractivity (Wildman–Crippen MR) is 88.3 cm³/mol. The smallest absolute Gasteiger partial charge is 0.125 e. The Bertz CT molecular complexity index is 431. The molecule has 0 radical (unpaired) electrons. The van der Waals surface area contributed by atoms with Gasteiger partial charge in [-0.15, -0.1) is 0 Å². The van der Waals surface area contributed by atoms with Crippen molar-refractivity contribution in [3.8, 4) is 0 Å². The lowest BCUT2D eigenvalue weighted by Crippen LogP contribution is -2.39. The van der Waals surface area contributed by atoms with E-state index in [-0.39, 0.29) is 5.82 Å². The molecule has 1 N–H and O–H groups in total. The van der Waals surface area contributed by atoms with Crippen molar-refractivity contribution >= 4 is 5.69 Å². The van der Waals surface area contributed by atoms with Gasteiger partial charge in [0.15, 0.2) is 0 Å². The van der Waals surface area contributed by atoms with E-state index in [2.05, 4.69) is 30.1 Å². The zero-order valence-electron chi connectivity index (χ0n) is 13.5. The Balaban J connectivity index is 2.12. The molecule has 0 bridgehead atoms. The highest BCUT2D eigenvalue weighted by Gasteiger charge is 2.22. The van der Waals surface area contributed by atoms with Gasteiger partial charge < -0.3 is 10.2 Å². The molecule has 0 aromatic heterocycles. The standard InChI is InChI=1S/C18H29FN2/c1-3-7-17-8-5-6-10-21(17)18-12-15(11-16(19)13-18)14-20-9-4-2/h11-13,17,20H,3-10,14H2,1-2H3. The second kappa shape index (κ2) is 8.38. The summed E-state index contributed by atoms with van der Waals surface area (Å²) >= 11 is 0. The zero-order chi connectivity index (χ0) is 15.1. The van der Waals surface area contributed by atoms with Crippen LogP contribution < -0.4 is 10.2 Å². The van der Waals surface area contributed by atoms with E-state index < -0.39 is 0 Å². The van der Waals surface area contributed by atoms with Crippen LogP contribution in [0.15, 0.2) is 18.2 Å². The molecule has 1 aromatic carbocycles. The van der Waals surface area contributed by atoms with Gasteiger partial charge in [0.2, 0.25) is 0 Å². The van der Waals surface area contributed by atoms with Crippen LogP contribution in [-0.2, 0) is 6.54 Å². The van der Waals surface area contributed by atoms with Gasteiger partial charge in [0.05, 0.1) is 0 Å². The molecule has 1 saturated heterocycles. The van der Waals surface area contributed by atoms with E-state index in [0.717, 1.165) is 37.3 Å². The monoisotopic (exact) mass is 292 g/mol. The third-order valence-corrected chi connectivity index (χ3v) is 4.28. The van der Waals surface area contributed by atoms with Crippen LogP contribution in [0.3, 0.4) is 0 Å². The largest absolute Gasteiger partial charge is 0.368 e. The summed E-state index contributed by atoms with van der Waals surface area (Å²) in [6.45, 7) is 7.18. The van der Waals surface area contributed by atoms with Crippen LogP contribution in [0, 0.1) is 5.82 Å². The number of benzene rings is 1. The van der Waals surface area contributed by atoms with E-state index in [4.69, 9.17) is 0 Å². The molecule has 0 amide bonds. The summed E-state index contributed by atoms with van der Waals surface area (Å²) in [7, 11) is 0. The molecule has 2 rings (SSSR count). The van der Waals surface area contributed by atoms with Gasteiger partial charge in [-0.3, -0.25) is 0 Å². The second-order valence-corrected chi connectivity index (χ2v) is 6.13. The molecule has 1 heterocycles. The number of halogens is 1. The van der Waals surface area contributed by atoms with Crippen LogP contribution >= 0.6 is 0 Å². The zero-order valence-corrected chi connectivity index (χ0v) is 13.5. The van der Waals surface area contributed by atoms with Crippen LogP contribution in [-0.4, -0.2) is 19.1 Å². The molecule has 21 heavy (non-hydrogen) atoms. The molecule has 1 aromatic rings. The number of hydrogen-bond donors (Lipinski definition) is 1. The number of anilines is 1. The van der Waals surface area contributed by atoms with Crippen molar-refractivity contribution in [2.24, 2.45) is 0 Å². The number of nitrogens with one attached hydrogen (secondary N) is 1. The van der Waals surface area contributed by atoms with Gasteiger partial charge in [0.1, 0.15) is 5.82 Å². The van der Waals surface area contributed by atoms with Gasteiger partial charge in [-0.25, -0.2) is 4.39 Å². The molecule has 0 spiro atoms. The Kier molecular flexibility index (Phi) is 6.50. The highest BCUT2D eigenvalue weighted by molar-refractivity contribution is 5.50. The van der Waals surface area contributed by atoms with Gasteiger partial charge in [0.25, 0.3) is 0 Å². The molecule has 2 nitrogen and oxygen atoms in total. The van der Waals surface area contributed by atoms with Gasteiger partial charge in [-0.2, -0.15) is 0 Å². The van der Waals surface area contributed by atoms with Crippen molar-refractivity contribution < 1.29 is 4.39 Å². The van der Waals surface area contributed by atoms with Crippen LogP contribution in [0.25, 0.3) is 0 Å². The number of nitrogens with zero attached hydrogens (tertiary/aromatic N) is 1. The summed E-state index contributed by atoms with van der Waals surface area (Å²) in [5.74, 6) is -0.110. The Labute approximate surface area is 128 Å². The highest BCUT2D eigenvalue weighted by atomic mass is 19.1. The first-order chi connectivity index (χ1) is 10.2. The summed E-state index contributed by atoms with van der Waals surface area (Å²) in [6, 6.07) is 6.11. The van der Waals surface area contributed by atoms with E-state index in [1.807, 2.05) is 0 Å². The maximum atomic E-state index is 14.0. The first-order valence-electron chi connectivity index (χ1n) is 8.51. The maximum absolute atomic E-state index is 14.0. The third-order valence-electron chi connectivity index (χ3n) is 4.28. The van der Waals surface area contributed by atoms with Gasteiger partial charge in [0, 0.05) is 24.8 Å². The fourth-order valence-electron chi connectivity index (χ4n) is 3.28. The van der Waals surface area contributed by atoms with Crippen molar-refractivity contribution in [1.82, 2.24) is 5.32 Å². The van der Waals surface area contributed by atoms with Crippen LogP contribution in [0.1, 0.15) is 57.9 Å². The van der Waals surface area contributed by atoms with Crippen molar-refractivity contribution in [1.29, 1.82) is 0 Å². The molecule has 1 aliphatic heterocycles. The number of piperidine rings is 1. The van der Waals surface area contributed by atoms with Crippen LogP contribution in [0.5, 0.6) is 0 Å². The van der Waals surface area contributed by atoms with Crippen molar-refractivity contribution in [2.45, 2.75) is 65.0 Å². The normalized spacial score (nSPS) is 19.0. The molecular formula is C18H29FN2. The number of rotatable bonds is 7. The third kappa shape index (κ3) is 4.70. The lowest BCUT2D eigenvalue weighted by Gasteiger charge is -2.38. The minimum absolute atomic E-state index is 0.110. The minimum atomic E-state index is -0.110. The molecule has 0 saturated carbocycles. The van der Waals surface area contributed by atoms with Gasteiger partial charge >= 0.3 is 0 Å². The van der Waals surface area contributed by atoms with E-state index in [1.54, 1.807) is 12.1 Å². The van der Waals surface area contributed by atoms with Crippen LogP contribution in [0.2, 0.25) is 0 Å². The molecule has 1 unspecified atom stereocenters. The summed E-state index contributed by atoms with van der Waals surface area (Å²) in [5, 5.41) is 3.36. The fraction of sp³-hybridized carbons (Fsp3) is 0.667. The Morgan fingerprint density at radius 2 is 2.05 bits per heavy atom. The molecule has 3 heteroatoms. The van der Waals surface area contributed by atoms with Crippen molar-refractivity contribution in [2.75, 3.05) is 18.0 Å². The van der Waals surface area contributed by atoms with Crippen molar-refractivity contribution in [3.05, 3.63) is 29.6 Å². The summed E-state index contributed by atoms with van der Waals surface area (Å²) in [6.07, 6.45) is 7.28. The summed E-state index contributed by atoms with van der Waals surface area (Å²) in [5.41, 5.74) is 2.13. The molecule has 0 aliphatic carbocycles. The Hall–Kier alpha value is -1.09. The lowest BCUT2D eigenvalue weighted by atomic mass is 9.97. The minimum Gasteiger partial charge on any atom is -0.368 e. The van der Waals surface area contributed by atoms with E-state index >= 15 is 0 Å². The molecule has 1 aliphatic rings. The topological polar surface area (TPSA) is 15.3 Å². The number of hydrogen-bond acceptors (Lipinski definition) is 2. The molecule has 118 valence electrons. The Morgan fingerprint density at radius 3 is 2.81 bits per heavy atom. The maximum Gasteiger partial charge on any atom is 0.125 e. The van der Waals surface area contributed by atoms with E-state index in [0.29, 0.717) is 6.04 Å². The summed E-state index contributed by atoms with van der Waals surface area (Å²) in [4.78, 5) is 2.43. The molecular weight excluding hydrogens is 263 g/mol. The van der Waals surface area contributed by atoms with Crippen molar-refractivity contribution in [3.63, 3.8) is 0 Å². The first kappa shape index (κ1) is 16.3. The van der Waals surface area contributed by atoms with Gasteiger partial charge in [-0.05, 0) is 62.4 Å². The van der Waals surface area contributed by atoms with E-state index in [9.17, 15) is 4.39 Å². The average molecular weight is 292 g/mol. The predicted octanol–water partition coefficient (Wildman–Crippen LogP) is 4.48. The van der Waals surface area contributed by atoms with Crippen LogP contribution in [0.4, 0.5) is 10.1 Å². The SMILES string of the molecule is CCCNCc1cc(F)cc(N2CCCCC2CCC)c1. The van der Waals surface area contributed by atoms with E-state index in [1.165, 1.54) is 32.1 Å². The average Bonchev–Trinajstić information content (AvgIpc) is 2.48. The quantitative estimate of drug-likeness (QED) is 0.745. The second-order valence-electron chi connectivity index (χ2n) is 6.13. The fourth-order valence-corrected chi connectivity index (χ4v) is 3.28. The Morgan fingerprint density at radius 1 is 1.19 bits per heavy atom. The molecule has 1 atom stereocenters. The highest BCUT2D eigenvalue weighted by Crippen LogP contribution is 2.28.